The number of halogens is 3. The van der Waals surface area contributed by atoms with E-state index in [-0.39, 0.29) is 24.2 Å². The van der Waals surface area contributed by atoms with Crippen LogP contribution in [0.1, 0.15) is 13.8 Å². The van der Waals surface area contributed by atoms with Crippen LogP contribution in [-0.2, 0) is 0 Å². The molecule has 1 fully saturated rings. The van der Waals surface area contributed by atoms with E-state index < -0.39 is 23.8 Å². The summed E-state index contributed by atoms with van der Waals surface area (Å²) in [5.41, 5.74) is 0.820. The lowest BCUT2D eigenvalue weighted by molar-refractivity contribution is 0.242. The van der Waals surface area contributed by atoms with Crippen LogP contribution in [0.15, 0.2) is 30.6 Å². The Morgan fingerprint density at radius 3 is 2.79 bits per heavy atom. The molecule has 0 saturated carbocycles. The summed E-state index contributed by atoms with van der Waals surface area (Å²) in [4.78, 5) is 8.35. The summed E-state index contributed by atoms with van der Waals surface area (Å²) in [5.74, 6) is -1.25. The van der Waals surface area contributed by atoms with Crippen molar-refractivity contribution >= 4 is 11.5 Å². The van der Waals surface area contributed by atoms with E-state index in [1.807, 2.05) is 13.8 Å². The third-order valence-corrected chi connectivity index (χ3v) is 4.49. The highest BCUT2D eigenvalue weighted by Gasteiger charge is 2.28. The van der Waals surface area contributed by atoms with Crippen molar-refractivity contribution in [1.29, 1.82) is 0 Å². The topological polar surface area (TPSA) is 63.5 Å². The fraction of sp³-hybridized carbons (Fsp3) is 0.368. The lowest BCUT2D eigenvalue weighted by atomic mass is 10.2. The number of nitrogens with one attached hydrogen (secondary N) is 2. The van der Waals surface area contributed by atoms with Gasteiger partial charge in [-0.05, 0) is 19.9 Å². The Morgan fingerprint density at radius 2 is 2.07 bits per heavy atom. The van der Waals surface area contributed by atoms with E-state index in [2.05, 4.69) is 20.6 Å². The highest BCUT2D eigenvalue weighted by atomic mass is 19.1. The number of hydrogen-bond donors (Lipinski definition) is 2. The van der Waals surface area contributed by atoms with Gasteiger partial charge in [-0.1, -0.05) is 0 Å². The third kappa shape index (κ3) is 3.49. The Kier molecular flexibility index (Phi) is 4.84. The summed E-state index contributed by atoms with van der Waals surface area (Å²) in [6.07, 6.45) is 1.97. The minimum absolute atomic E-state index is 0.00568. The van der Waals surface area contributed by atoms with Crippen LogP contribution in [0.2, 0.25) is 0 Å². The monoisotopic (exact) mass is 391 g/mol. The maximum atomic E-state index is 14.5. The molecule has 148 valence electrons. The summed E-state index contributed by atoms with van der Waals surface area (Å²) >= 11 is 0. The van der Waals surface area contributed by atoms with Crippen molar-refractivity contribution in [3.63, 3.8) is 0 Å². The van der Waals surface area contributed by atoms with Crippen molar-refractivity contribution in [2.24, 2.45) is 0 Å². The molecule has 9 heteroatoms. The molecule has 3 aromatic heterocycles. The summed E-state index contributed by atoms with van der Waals surface area (Å²) in [7, 11) is 0. The van der Waals surface area contributed by atoms with Crippen LogP contribution in [0.5, 0.6) is 5.75 Å². The van der Waals surface area contributed by atoms with Gasteiger partial charge in [0.2, 0.25) is 0 Å². The van der Waals surface area contributed by atoms with Crippen LogP contribution in [0.3, 0.4) is 0 Å². The standard InChI is InChI=1S/C19H20F3N5O/c1-10(2)28-11-3-4-27-16(9-24-17(27)5-11)18-12(20)6-13(21)19(26-18)25-15-8-23-7-14(15)22/h3-6,9-10,14-15,23H,7-8H2,1-2H3,(H,25,26)/t14-,15-/m0/s1. The first kappa shape index (κ1) is 18.5. The van der Waals surface area contributed by atoms with E-state index in [0.29, 0.717) is 23.6 Å². The molecule has 0 bridgehead atoms. The number of ether oxygens (including phenoxy) is 1. The molecule has 2 N–H and O–H groups in total. The zero-order chi connectivity index (χ0) is 19.8. The smallest absolute Gasteiger partial charge is 0.168 e. The molecule has 28 heavy (non-hydrogen) atoms. The number of pyridine rings is 2. The SMILES string of the molecule is CC(C)Oc1ccn2c(-c3nc(N[C@H]4CNC[C@@H]4F)c(F)cc3F)cnc2c1. The quantitative estimate of drug-likeness (QED) is 0.700. The van der Waals surface area contributed by atoms with Crippen molar-refractivity contribution in [2.75, 3.05) is 18.4 Å². The number of anilines is 1. The molecule has 6 nitrogen and oxygen atoms in total. The van der Waals surface area contributed by atoms with Gasteiger partial charge in [0.1, 0.15) is 23.3 Å². The highest BCUT2D eigenvalue weighted by molar-refractivity contribution is 5.63. The molecule has 0 unspecified atom stereocenters. The van der Waals surface area contributed by atoms with Gasteiger partial charge in [-0.15, -0.1) is 0 Å². The van der Waals surface area contributed by atoms with E-state index in [4.69, 9.17) is 4.74 Å². The second-order valence-corrected chi connectivity index (χ2v) is 6.97. The Bertz CT molecular complexity index is 1010. The average molecular weight is 391 g/mol. The zero-order valence-corrected chi connectivity index (χ0v) is 15.4. The first-order chi connectivity index (χ1) is 13.4. The molecule has 1 aliphatic rings. The number of hydrogen-bond acceptors (Lipinski definition) is 5. The maximum Gasteiger partial charge on any atom is 0.168 e. The Hall–Kier alpha value is -2.81. The first-order valence-electron chi connectivity index (χ1n) is 9.04. The van der Waals surface area contributed by atoms with Gasteiger partial charge < -0.3 is 15.4 Å². The number of nitrogens with zero attached hydrogens (tertiary/aromatic N) is 3. The summed E-state index contributed by atoms with van der Waals surface area (Å²) in [5, 5.41) is 5.60. The average Bonchev–Trinajstić information content (AvgIpc) is 3.23. The summed E-state index contributed by atoms with van der Waals surface area (Å²) < 4.78 is 49.8. The van der Waals surface area contributed by atoms with Gasteiger partial charge in [0.05, 0.1) is 24.0 Å². The van der Waals surface area contributed by atoms with Crippen LogP contribution in [-0.4, -0.2) is 45.8 Å². The predicted molar refractivity (Wildman–Crippen MR) is 99.3 cm³/mol. The molecule has 0 aromatic carbocycles. The maximum absolute atomic E-state index is 14.5. The molecule has 0 aliphatic carbocycles. The number of fused-ring (bicyclic) bond motifs is 1. The largest absolute Gasteiger partial charge is 0.491 e. The summed E-state index contributed by atoms with van der Waals surface area (Å²) in [6, 6.07) is 3.58. The molecule has 0 spiro atoms. The Labute approximate surface area is 159 Å². The zero-order valence-electron chi connectivity index (χ0n) is 15.4. The van der Waals surface area contributed by atoms with Crippen LogP contribution < -0.4 is 15.4 Å². The molecule has 0 radical (unpaired) electrons. The predicted octanol–water partition coefficient (Wildman–Crippen LogP) is 3.18. The minimum Gasteiger partial charge on any atom is -0.491 e. The van der Waals surface area contributed by atoms with E-state index >= 15 is 0 Å². The van der Waals surface area contributed by atoms with Crippen LogP contribution in [0.25, 0.3) is 17.0 Å². The molecule has 0 amide bonds. The number of imidazole rings is 1. The second-order valence-electron chi connectivity index (χ2n) is 6.97. The number of aromatic nitrogens is 3. The van der Waals surface area contributed by atoms with Gasteiger partial charge in [0.25, 0.3) is 0 Å². The van der Waals surface area contributed by atoms with Crippen molar-refractivity contribution in [3.8, 4) is 17.1 Å². The van der Waals surface area contributed by atoms with Gasteiger partial charge in [-0.2, -0.15) is 0 Å². The van der Waals surface area contributed by atoms with Gasteiger partial charge in [-0.3, -0.25) is 4.40 Å². The first-order valence-corrected chi connectivity index (χ1v) is 9.04. The molecule has 1 aliphatic heterocycles. The normalized spacial score (nSPS) is 19.5. The van der Waals surface area contributed by atoms with Crippen molar-refractivity contribution in [2.45, 2.75) is 32.2 Å². The second kappa shape index (κ2) is 7.31. The summed E-state index contributed by atoms with van der Waals surface area (Å²) in [6.45, 7) is 4.34. The molecule has 4 rings (SSSR count). The molecular weight excluding hydrogens is 371 g/mol. The molecular formula is C19H20F3N5O. The van der Waals surface area contributed by atoms with E-state index in [9.17, 15) is 13.2 Å². The minimum atomic E-state index is -1.18. The van der Waals surface area contributed by atoms with Crippen molar-refractivity contribution in [1.82, 2.24) is 19.7 Å². The van der Waals surface area contributed by atoms with E-state index in [1.54, 1.807) is 22.7 Å². The number of alkyl halides is 1. The van der Waals surface area contributed by atoms with Crippen LogP contribution in [0, 0.1) is 11.6 Å². The molecule has 2 atom stereocenters. The van der Waals surface area contributed by atoms with Crippen molar-refractivity contribution in [3.05, 3.63) is 42.2 Å². The lowest BCUT2D eigenvalue weighted by Crippen LogP contribution is -2.30. The van der Waals surface area contributed by atoms with Crippen LogP contribution >= 0.6 is 0 Å². The van der Waals surface area contributed by atoms with Crippen molar-refractivity contribution < 1.29 is 17.9 Å². The fourth-order valence-electron chi connectivity index (χ4n) is 3.19. The Balaban J connectivity index is 1.71. The van der Waals surface area contributed by atoms with E-state index in [0.717, 1.165) is 6.07 Å². The van der Waals surface area contributed by atoms with E-state index in [1.165, 1.54) is 6.20 Å². The lowest BCUT2D eigenvalue weighted by Gasteiger charge is -2.16. The van der Waals surface area contributed by atoms with Gasteiger partial charge >= 0.3 is 0 Å². The third-order valence-electron chi connectivity index (χ3n) is 4.49. The molecule has 4 heterocycles. The highest BCUT2D eigenvalue weighted by Crippen LogP contribution is 2.27. The van der Waals surface area contributed by atoms with Gasteiger partial charge in [0.15, 0.2) is 17.5 Å². The Morgan fingerprint density at radius 1 is 1.25 bits per heavy atom. The van der Waals surface area contributed by atoms with Gasteiger partial charge in [0, 0.05) is 31.4 Å². The molecule has 3 aromatic rings. The number of rotatable bonds is 5. The fourth-order valence-corrected chi connectivity index (χ4v) is 3.19. The molecule has 1 saturated heterocycles. The van der Waals surface area contributed by atoms with Gasteiger partial charge in [-0.25, -0.2) is 23.1 Å². The van der Waals surface area contributed by atoms with Crippen LogP contribution in [0.4, 0.5) is 19.0 Å².